The van der Waals surface area contributed by atoms with Gasteiger partial charge in [-0.3, -0.25) is 4.90 Å². The second kappa shape index (κ2) is 10.4. The molecular formula is C28H36N4O7. The summed E-state index contributed by atoms with van der Waals surface area (Å²) in [7, 11) is 1.52. The van der Waals surface area contributed by atoms with E-state index in [0.717, 1.165) is 5.56 Å². The molecule has 1 N–H and O–H groups in total. The zero-order valence-electron chi connectivity index (χ0n) is 24.0. The second-order valence-corrected chi connectivity index (χ2v) is 11.1. The minimum atomic E-state index is -1.67. The van der Waals surface area contributed by atoms with Gasteiger partial charge in [-0.05, 0) is 40.2 Å². The molecule has 1 aromatic carbocycles. The summed E-state index contributed by atoms with van der Waals surface area (Å²) in [6.07, 6.45) is 1.01. The van der Waals surface area contributed by atoms with Crippen molar-refractivity contribution in [2.24, 2.45) is 0 Å². The van der Waals surface area contributed by atoms with Gasteiger partial charge in [0.1, 0.15) is 41.9 Å². The third-order valence-corrected chi connectivity index (χ3v) is 6.69. The number of fused-ring (bicyclic) bond motifs is 2. The van der Waals surface area contributed by atoms with Gasteiger partial charge in [-0.25, -0.2) is 9.78 Å². The normalized spacial score (nSPS) is 25.4. The molecule has 2 saturated heterocycles. The topological polar surface area (TPSA) is 117 Å². The number of aromatic nitrogens is 3. The third kappa shape index (κ3) is 5.31. The van der Waals surface area contributed by atoms with Gasteiger partial charge in [0.2, 0.25) is 5.88 Å². The Morgan fingerprint density at radius 2 is 1.90 bits per heavy atom. The van der Waals surface area contributed by atoms with Crippen LogP contribution >= 0.6 is 0 Å². The Morgan fingerprint density at radius 3 is 2.56 bits per heavy atom. The quantitative estimate of drug-likeness (QED) is 0.477. The lowest BCUT2D eigenvalue weighted by Gasteiger charge is -2.34. The van der Waals surface area contributed by atoms with Crippen LogP contribution in [-0.4, -0.2) is 74.0 Å². The molecule has 4 heterocycles. The number of likely N-dealkylation sites (tertiary alicyclic amines) is 1. The molecule has 0 bridgehead atoms. The molecule has 5 rings (SSSR count). The van der Waals surface area contributed by atoms with Crippen molar-refractivity contribution in [3.63, 3.8) is 0 Å². The van der Waals surface area contributed by atoms with E-state index in [1.54, 1.807) is 34.6 Å². The molecule has 5 atom stereocenters. The summed E-state index contributed by atoms with van der Waals surface area (Å²) in [5, 5.41) is 10.6. The number of rotatable bonds is 7. The first kappa shape index (κ1) is 26.0. The molecule has 0 aliphatic carbocycles. The molecule has 1 unspecified atom stereocenters. The van der Waals surface area contributed by atoms with Crippen molar-refractivity contribution in [2.75, 3.05) is 13.7 Å². The van der Waals surface area contributed by atoms with Crippen LogP contribution in [0.5, 0.6) is 5.88 Å². The van der Waals surface area contributed by atoms with Crippen molar-refractivity contribution < 1.29 is 35.0 Å². The average Bonchev–Trinajstić information content (AvgIpc) is 3.49. The number of hydrogen-bond donors (Lipinski definition) is 1. The van der Waals surface area contributed by atoms with Gasteiger partial charge in [-0.2, -0.15) is 4.98 Å². The van der Waals surface area contributed by atoms with E-state index in [-0.39, 0.29) is 6.73 Å². The van der Waals surface area contributed by atoms with Crippen LogP contribution in [0.1, 0.15) is 53.2 Å². The summed E-state index contributed by atoms with van der Waals surface area (Å²) in [4.78, 5) is 23.9. The molecule has 0 radical (unpaired) electrons. The number of methoxy groups -OCH3 is 1. The molecule has 0 saturated carbocycles. The fourth-order valence-electron chi connectivity index (χ4n) is 5.29. The summed E-state index contributed by atoms with van der Waals surface area (Å²) in [6.45, 7) is 7.65. The lowest BCUT2D eigenvalue weighted by molar-refractivity contribution is -0.169. The van der Waals surface area contributed by atoms with Gasteiger partial charge in [0.05, 0.1) is 33.8 Å². The highest BCUT2D eigenvalue weighted by atomic mass is 16.8. The van der Waals surface area contributed by atoms with Gasteiger partial charge < -0.3 is 33.4 Å². The maximum Gasteiger partial charge on any atom is 0.411 e. The van der Waals surface area contributed by atoms with E-state index < -0.39 is 48.4 Å². The molecule has 1 amide bonds. The van der Waals surface area contributed by atoms with Crippen LogP contribution in [0, 0.1) is 0 Å². The zero-order valence-corrected chi connectivity index (χ0v) is 23.0. The number of hydrogen-bond acceptors (Lipinski definition) is 9. The Kier molecular flexibility index (Phi) is 6.92. The van der Waals surface area contributed by atoms with Gasteiger partial charge in [-0.15, -0.1) is 0 Å². The zero-order chi connectivity index (χ0) is 28.8. The largest absolute Gasteiger partial charge is 0.479 e. The third-order valence-electron chi connectivity index (χ3n) is 6.69. The molecule has 39 heavy (non-hydrogen) atoms. The van der Waals surface area contributed by atoms with Gasteiger partial charge in [0.15, 0.2) is 5.79 Å². The Morgan fingerprint density at radius 1 is 1.18 bits per heavy atom. The molecule has 2 aliphatic rings. The van der Waals surface area contributed by atoms with E-state index in [4.69, 9.17) is 25.1 Å². The van der Waals surface area contributed by atoms with Gasteiger partial charge in [0, 0.05) is 11.8 Å². The monoisotopic (exact) mass is 541 g/mol. The van der Waals surface area contributed by atoms with Crippen molar-refractivity contribution in [1.82, 2.24) is 19.4 Å². The van der Waals surface area contributed by atoms with Crippen molar-refractivity contribution in [3.05, 3.63) is 54.0 Å². The number of carbonyl (C=O) groups is 1. The van der Waals surface area contributed by atoms with Crippen molar-refractivity contribution in [2.45, 2.75) is 83.6 Å². The Balaban J connectivity index is 1.60. The van der Waals surface area contributed by atoms with E-state index in [9.17, 15) is 9.90 Å². The fourth-order valence-corrected chi connectivity index (χ4v) is 5.29. The molecule has 210 valence electrons. The molecule has 11 heteroatoms. The standard InChI is InChI=1S/C28H36N4O7/c1-27(2,3)39-26(34)32-19(13-33)23-24(38-28(4,5)37-23)21(32)18-12-31(16-36-14-17-10-8-7-9-11-17)22-20(18)29-15-30-25(22)35-6/h7-12,15,19,21,23-24,33H,13-14,16H2,1-6H3/t19-,21+,23-,24+/m1/s1/i13D/t13?,19-,21+,23-,24+. The first-order valence-electron chi connectivity index (χ1n) is 13.4. The van der Waals surface area contributed by atoms with Crippen LogP contribution in [0.3, 0.4) is 0 Å². The number of carbonyl (C=O) groups excluding carboxylic acids is 1. The number of aliphatic hydroxyl groups excluding tert-OH is 1. The Hall–Kier alpha value is -3.25. The lowest BCUT2D eigenvalue weighted by Crippen LogP contribution is -2.47. The maximum atomic E-state index is 13.7. The van der Waals surface area contributed by atoms with Crippen LogP contribution in [0.15, 0.2) is 42.9 Å². The van der Waals surface area contributed by atoms with E-state index in [1.807, 2.05) is 41.1 Å². The highest BCUT2D eigenvalue weighted by molar-refractivity contribution is 5.85. The van der Waals surface area contributed by atoms with Crippen LogP contribution in [-0.2, 0) is 32.3 Å². The van der Waals surface area contributed by atoms with Crippen LogP contribution < -0.4 is 4.74 Å². The smallest absolute Gasteiger partial charge is 0.411 e. The van der Waals surface area contributed by atoms with E-state index in [1.165, 1.54) is 18.3 Å². The minimum Gasteiger partial charge on any atom is -0.479 e. The molecule has 3 aromatic rings. The SMILES string of the molecule is [2H]C(O)[C@@H]1[C@H]2OC(C)(C)O[C@H]2[C@H](c2cn(COCc3ccccc3)c3c(OC)ncnc23)N1C(=O)OC(C)(C)C. The average molecular weight is 542 g/mol. The second-order valence-electron chi connectivity index (χ2n) is 11.1. The first-order valence-corrected chi connectivity index (χ1v) is 12.9. The summed E-state index contributed by atoms with van der Waals surface area (Å²) < 4.78 is 39.9. The van der Waals surface area contributed by atoms with Gasteiger partial charge in [-0.1, -0.05) is 30.3 Å². The van der Waals surface area contributed by atoms with Crippen LogP contribution in [0.2, 0.25) is 0 Å². The Labute approximate surface area is 229 Å². The fraction of sp³-hybridized carbons (Fsp3) is 0.536. The lowest BCUT2D eigenvalue weighted by atomic mass is 10.0. The van der Waals surface area contributed by atoms with Crippen molar-refractivity contribution >= 4 is 17.1 Å². The van der Waals surface area contributed by atoms with E-state index >= 15 is 0 Å². The molecule has 2 aromatic heterocycles. The summed E-state index contributed by atoms with van der Waals surface area (Å²) >= 11 is 0. The molecular weight excluding hydrogens is 504 g/mol. The van der Waals surface area contributed by atoms with E-state index in [0.29, 0.717) is 29.1 Å². The molecule has 2 fully saturated rings. The molecule has 0 spiro atoms. The van der Waals surface area contributed by atoms with Crippen LogP contribution in [0.25, 0.3) is 11.0 Å². The predicted molar refractivity (Wildman–Crippen MR) is 141 cm³/mol. The summed E-state index contributed by atoms with van der Waals surface area (Å²) in [5.41, 5.74) is 1.89. The van der Waals surface area contributed by atoms with Crippen LogP contribution in [0.4, 0.5) is 4.79 Å². The van der Waals surface area contributed by atoms with E-state index in [2.05, 4.69) is 9.97 Å². The van der Waals surface area contributed by atoms with Crippen molar-refractivity contribution in [1.29, 1.82) is 0 Å². The minimum absolute atomic E-state index is 0.149. The number of aliphatic hydroxyl groups is 1. The predicted octanol–water partition coefficient (Wildman–Crippen LogP) is 3.79. The summed E-state index contributed by atoms with van der Waals surface area (Å²) in [6, 6.07) is 7.94. The van der Waals surface area contributed by atoms with Gasteiger partial charge >= 0.3 is 6.09 Å². The number of amides is 1. The molecule has 2 aliphatic heterocycles. The Bertz CT molecular complexity index is 1360. The molecule has 11 nitrogen and oxygen atoms in total. The highest BCUT2D eigenvalue weighted by Crippen LogP contribution is 2.49. The van der Waals surface area contributed by atoms with Gasteiger partial charge in [0.25, 0.3) is 0 Å². The highest BCUT2D eigenvalue weighted by Gasteiger charge is 2.60. The number of benzene rings is 1. The maximum absolute atomic E-state index is 13.7. The first-order chi connectivity index (χ1) is 18.9. The summed E-state index contributed by atoms with van der Waals surface area (Å²) in [5.74, 6) is -0.663. The number of ether oxygens (including phenoxy) is 5. The number of nitrogens with zero attached hydrogens (tertiary/aromatic N) is 4. The van der Waals surface area contributed by atoms with Crippen molar-refractivity contribution in [3.8, 4) is 5.88 Å².